The van der Waals surface area contributed by atoms with Gasteiger partial charge in [-0.15, -0.1) is 0 Å². The summed E-state index contributed by atoms with van der Waals surface area (Å²) >= 11 is 0. The third-order valence-electron chi connectivity index (χ3n) is 1.28. The van der Waals surface area contributed by atoms with Gasteiger partial charge in [-0.1, -0.05) is 12.1 Å². The number of nitrogens with zero attached hydrogens (tertiary/aromatic N) is 2. The zero-order valence-corrected chi connectivity index (χ0v) is 7.10. The Bertz CT molecular complexity index is 234. The molecule has 1 aromatic heterocycles. The van der Waals surface area contributed by atoms with E-state index in [4.69, 9.17) is 4.84 Å². The minimum Gasteiger partial charge on any atom is -0.396 e. The number of aromatic nitrogens is 1. The van der Waals surface area contributed by atoms with E-state index in [-0.39, 0.29) is 0 Å². The Kier molecular flexibility index (Phi) is 3.84. The fourth-order valence-electron chi connectivity index (χ4n) is 0.692. The van der Waals surface area contributed by atoms with Crippen LogP contribution in [-0.4, -0.2) is 17.8 Å². The second-order valence-electron chi connectivity index (χ2n) is 2.35. The SMILES string of the molecule is CCCON=Cc1ccncc1. The maximum atomic E-state index is 4.94. The lowest BCUT2D eigenvalue weighted by molar-refractivity contribution is 0.146. The van der Waals surface area contributed by atoms with Crippen molar-refractivity contribution in [2.75, 3.05) is 6.61 Å². The zero-order chi connectivity index (χ0) is 8.65. The first-order valence-electron chi connectivity index (χ1n) is 3.99. The Labute approximate surface area is 72.1 Å². The van der Waals surface area contributed by atoms with Crippen LogP contribution in [0, 0.1) is 0 Å². The van der Waals surface area contributed by atoms with Crippen LogP contribution in [0.2, 0.25) is 0 Å². The van der Waals surface area contributed by atoms with Gasteiger partial charge in [0.2, 0.25) is 0 Å². The van der Waals surface area contributed by atoms with E-state index in [1.54, 1.807) is 18.6 Å². The van der Waals surface area contributed by atoms with Crippen LogP contribution in [0.4, 0.5) is 0 Å². The average Bonchev–Trinajstić information content (AvgIpc) is 2.14. The van der Waals surface area contributed by atoms with E-state index in [2.05, 4.69) is 10.1 Å². The van der Waals surface area contributed by atoms with Crippen molar-refractivity contribution in [1.82, 2.24) is 4.98 Å². The molecule has 12 heavy (non-hydrogen) atoms. The summed E-state index contributed by atoms with van der Waals surface area (Å²) in [7, 11) is 0. The molecule has 0 aliphatic rings. The lowest BCUT2D eigenvalue weighted by atomic mass is 10.3. The first kappa shape index (κ1) is 8.71. The molecule has 0 fully saturated rings. The van der Waals surface area contributed by atoms with Crippen LogP contribution >= 0.6 is 0 Å². The third-order valence-corrected chi connectivity index (χ3v) is 1.28. The van der Waals surface area contributed by atoms with Gasteiger partial charge in [-0.05, 0) is 24.1 Å². The smallest absolute Gasteiger partial charge is 0.116 e. The molecule has 0 saturated carbocycles. The van der Waals surface area contributed by atoms with Crippen molar-refractivity contribution in [2.45, 2.75) is 13.3 Å². The maximum Gasteiger partial charge on any atom is 0.116 e. The van der Waals surface area contributed by atoms with Crippen LogP contribution in [-0.2, 0) is 4.84 Å². The van der Waals surface area contributed by atoms with Crippen molar-refractivity contribution in [3.63, 3.8) is 0 Å². The van der Waals surface area contributed by atoms with Crippen molar-refractivity contribution in [2.24, 2.45) is 5.16 Å². The number of oxime groups is 1. The van der Waals surface area contributed by atoms with Gasteiger partial charge in [-0.25, -0.2) is 0 Å². The Morgan fingerprint density at radius 1 is 1.50 bits per heavy atom. The van der Waals surface area contributed by atoms with E-state index in [0.717, 1.165) is 12.0 Å². The molecule has 0 amide bonds. The maximum absolute atomic E-state index is 4.94. The van der Waals surface area contributed by atoms with Gasteiger partial charge >= 0.3 is 0 Å². The van der Waals surface area contributed by atoms with E-state index in [9.17, 15) is 0 Å². The summed E-state index contributed by atoms with van der Waals surface area (Å²) in [5, 5.41) is 3.78. The monoisotopic (exact) mass is 164 g/mol. The highest BCUT2D eigenvalue weighted by atomic mass is 16.6. The minimum absolute atomic E-state index is 0.668. The zero-order valence-electron chi connectivity index (χ0n) is 7.10. The second-order valence-corrected chi connectivity index (χ2v) is 2.35. The number of pyridine rings is 1. The first-order chi connectivity index (χ1) is 5.93. The van der Waals surface area contributed by atoms with E-state index in [1.807, 2.05) is 19.1 Å². The molecule has 3 nitrogen and oxygen atoms in total. The number of hydrogen-bond donors (Lipinski definition) is 0. The summed E-state index contributed by atoms with van der Waals surface area (Å²) in [6.07, 6.45) is 6.10. The molecule has 1 aromatic rings. The third kappa shape index (κ3) is 3.14. The summed E-state index contributed by atoms with van der Waals surface area (Å²) in [5.74, 6) is 0. The van der Waals surface area contributed by atoms with Crippen molar-refractivity contribution >= 4 is 6.21 Å². The molecule has 0 aliphatic heterocycles. The van der Waals surface area contributed by atoms with Crippen LogP contribution in [0.5, 0.6) is 0 Å². The second kappa shape index (κ2) is 5.29. The minimum atomic E-state index is 0.668. The summed E-state index contributed by atoms with van der Waals surface area (Å²) in [6, 6.07) is 3.75. The summed E-state index contributed by atoms with van der Waals surface area (Å²) in [5.41, 5.74) is 1.00. The van der Waals surface area contributed by atoms with Gasteiger partial charge in [0.25, 0.3) is 0 Å². The number of rotatable bonds is 4. The standard InChI is InChI=1S/C9H12N2O/c1-2-7-12-11-8-9-3-5-10-6-4-9/h3-6,8H,2,7H2,1H3. The predicted octanol–water partition coefficient (Wildman–Crippen LogP) is 1.84. The molecule has 3 heteroatoms. The van der Waals surface area contributed by atoms with Crippen LogP contribution in [0.3, 0.4) is 0 Å². The fraction of sp³-hybridized carbons (Fsp3) is 0.333. The summed E-state index contributed by atoms with van der Waals surface area (Å²) in [6.45, 7) is 2.71. The molecule has 0 saturated heterocycles. The van der Waals surface area contributed by atoms with Gasteiger partial charge in [0, 0.05) is 12.4 Å². The first-order valence-corrected chi connectivity index (χ1v) is 3.99. The Hall–Kier alpha value is -1.38. The van der Waals surface area contributed by atoms with Gasteiger partial charge in [0.1, 0.15) is 6.61 Å². The topological polar surface area (TPSA) is 34.5 Å². The molecule has 0 atom stereocenters. The van der Waals surface area contributed by atoms with Crippen LogP contribution in [0.25, 0.3) is 0 Å². The van der Waals surface area contributed by atoms with Crippen LogP contribution < -0.4 is 0 Å². The van der Waals surface area contributed by atoms with Crippen LogP contribution in [0.15, 0.2) is 29.7 Å². The molecule has 0 unspecified atom stereocenters. The van der Waals surface area contributed by atoms with Gasteiger partial charge in [0.15, 0.2) is 0 Å². The van der Waals surface area contributed by atoms with E-state index in [0.29, 0.717) is 6.61 Å². The Balaban J connectivity index is 2.36. The van der Waals surface area contributed by atoms with E-state index in [1.165, 1.54) is 0 Å². The highest BCUT2D eigenvalue weighted by molar-refractivity contribution is 5.78. The normalized spacial score (nSPS) is 10.4. The number of hydrogen-bond acceptors (Lipinski definition) is 3. The Morgan fingerprint density at radius 3 is 2.92 bits per heavy atom. The van der Waals surface area contributed by atoms with Crippen molar-refractivity contribution in [1.29, 1.82) is 0 Å². The highest BCUT2D eigenvalue weighted by Gasteiger charge is 1.83. The van der Waals surface area contributed by atoms with Crippen molar-refractivity contribution in [3.05, 3.63) is 30.1 Å². The lowest BCUT2D eigenvalue weighted by Crippen LogP contribution is -1.86. The molecule has 64 valence electrons. The molecule has 0 bridgehead atoms. The molecule has 0 spiro atoms. The van der Waals surface area contributed by atoms with Crippen LogP contribution in [0.1, 0.15) is 18.9 Å². The molecular formula is C9H12N2O. The molecule has 0 N–H and O–H groups in total. The summed E-state index contributed by atoms with van der Waals surface area (Å²) in [4.78, 5) is 8.82. The summed E-state index contributed by atoms with van der Waals surface area (Å²) < 4.78 is 0. The van der Waals surface area contributed by atoms with Crippen molar-refractivity contribution in [3.8, 4) is 0 Å². The molecule has 0 radical (unpaired) electrons. The van der Waals surface area contributed by atoms with Gasteiger partial charge < -0.3 is 4.84 Å². The molecule has 0 aromatic carbocycles. The largest absolute Gasteiger partial charge is 0.396 e. The quantitative estimate of drug-likeness (QED) is 0.386. The van der Waals surface area contributed by atoms with Crippen molar-refractivity contribution < 1.29 is 4.84 Å². The van der Waals surface area contributed by atoms with E-state index < -0.39 is 0 Å². The molecule has 0 aliphatic carbocycles. The lowest BCUT2D eigenvalue weighted by Gasteiger charge is -1.93. The van der Waals surface area contributed by atoms with Gasteiger partial charge in [-0.3, -0.25) is 4.98 Å². The van der Waals surface area contributed by atoms with Gasteiger partial charge in [-0.2, -0.15) is 0 Å². The Morgan fingerprint density at radius 2 is 2.25 bits per heavy atom. The molecular weight excluding hydrogens is 152 g/mol. The predicted molar refractivity (Wildman–Crippen MR) is 48.1 cm³/mol. The molecule has 1 heterocycles. The fourth-order valence-corrected chi connectivity index (χ4v) is 0.692. The highest BCUT2D eigenvalue weighted by Crippen LogP contribution is 1.91. The molecule has 1 rings (SSSR count). The van der Waals surface area contributed by atoms with E-state index >= 15 is 0 Å². The van der Waals surface area contributed by atoms with Gasteiger partial charge in [0.05, 0.1) is 6.21 Å². The average molecular weight is 164 g/mol.